The predicted molar refractivity (Wildman–Crippen MR) is 118 cm³/mol. The number of hydrogen-bond donors (Lipinski definition) is 1. The molecule has 0 bridgehead atoms. The zero-order valence-corrected chi connectivity index (χ0v) is 17.8. The van der Waals surface area contributed by atoms with Gasteiger partial charge in [0.1, 0.15) is 0 Å². The van der Waals surface area contributed by atoms with Crippen LogP contribution in [0, 0.1) is 0 Å². The molecule has 0 spiro atoms. The highest BCUT2D eigenvalue weighted by Crippen LogP contribution is 2.15. The molecule has 0 saturated carbocycles. The topological polar surface area (TPSA) is 51.7 Å². The number of nitrogens with one attached hydrogen (secondary N) is 1. The summed E-state index contributed by atoms with van der Waals surface area (Å²) in [5.41, 5.74) is 3.63. The van der Waals surface area contributed by atoms with E-state index < -0.39 is 0 Å². The van der Waals surface area contributed by atoms with E-state index in [1.165, 1.54) is 5.56 Å². The fourth-order valence-corrected chi connectivity index (χ4v) is 3.67. The second-order valence-electron chi connectivity index (χ2n) is 8.09. The van der Waals surface area contributed by atoms with Gasteiger partial charge in [-0.25, -0.2) is 4.79 Å². The van der Waals surface area contributed by atoms with Crippen molar-refractivity contribution in [3.05, 3.63) is 59.9 Å². The van der Waals surface area contributed by atoms with Gasteiger partial charge in [0.25, 0.3) is 0 Å². The number of nitrogens with zero attached hydrogens (tertiary/aromatic N) is 4. The number of urea groups is 1. The second-order valence-corrected chi connectivity index (χ2v) is 8.09. The van der Waals surface area contributed by atoms with E-state index in [1.54, 1.807) is 4.90 Å². The molecular weight excluding hydrogens is 362 g/mol. The maximum Gasteiger partial charge on any atom is 0.317 e. The van der Waals surface area contributed by atoms with Crippen LogP contribution in [0.25, 0.3) is 0 Å². The van der Waals surface area contributed by atoms with Crippen molar-refractivity contribution in [2.75, 3.05) is 45.7 Å². The fraction of sp³-hybridized carbons (Fsp3) is 0.478. The lowest BCUT2D eigenvalue weighted by atomic mass is 10.0. The third-order valence-electron chi connectivity index (χ3n) is 5.60. The van der Waals surface area contributed by atoms with Crippen LogP contribution in [-0.4, -0.2) is 67.6 Å². The van der Waals surface area contributed by atoms with Gasteiger partial charge >= 0.3 is 6.03 Å². The van der Waals surface area contributed by atoms with Crippen LogP contribution in [0.1, 0.15) is 24.0 Å². The predicted octanol–water partition coefficient (Wildman–Crippen LogP) is 3.00. The summed E-state index contributed by atoms with van der Waals surface area (Å²) >= 11 is 0. The average molecular weight is 396 g/mol. The van der Waals surface area contributed by atoms with Crippen molar-refractivity contribution in [1.29, 1.82) is 0 Å². The molecule has 1 aliphatic heterocycles. The van der Waals surface area contributed by atoms with E-state index in [9.17, 15) is 4.79 Å². The number of benzene rings is 1. The molecule has 0 radical (unpaired) electrons. The molecule has 6 heteroatoms. The van der Waals surface area contributed by atoms with Crippen LogP contribution in [0.4, 0.5) is 10.5 Å². The number of anilines is 1. The van der Waals surface area contributed by atoms with Gasteiger partial charge in [-0.05, 0) is 54.7 Å². The lowest BCUT2D eigenvalue weighted by Gasteiger charge is -2.33. The molecule has 0 aliphatic carbocycles. The Balaban J connectivity index is 1.38. The van der Waals surface area contributed by atoms with Crippen molar-refractivity contribution in [2.45, 2.75) is 31.8 Å². The lowest BCUT2D eigenvalue weighted by Crippen LogP contribution is -2.48. The summed E-state index contributed by atoms with van der Waals surface area (Å²) in [6, 6.07) is 12.8. The number of carbonyl (C=O) groups is 1. The molecule has 1 saturated heterocycles. The molecule has 1 N–H and O–H groups in total. The van der Waals surface area contributed by atoms with Crippen molar-refractivity contribution in [2.24, 2.45) is 0 Å². The Morgan fingerprint density at radius 2 is 1.69 bits per heavy atom. The zero-order valence-electron chi connectivity index (χ0n) is 17.8. The number of hydrogen-bond acceptors (Lipinski definition) is 4. The first kappa shape index (κ1) is 21.1. The Hall–Kier alpha value is -2.60. The SMILES string of the molecule is CN(Cc1ccc(N(C)C)cc1)C(=O)NC1CCN(CCc2ccncc2)CC1. The maximum atomic E-state index is 12.6. The largest absolute Gasteiger partial charge is 0.378 e. The minimum Gasteiger partial charge on any atom is -0.378 e. The van der Waals surface area contributed by atoms with Gasteiger partial charge in [-0.3, -0.25) is 4.98 Å². The van der Waals surface area contributed by atoms with Gasteiger partial charge in [0, 0.05) is 71.4 Å². The quantitative estimate of drug-likeness (QED) is 0.783. The van der Waals surface area contributed by atoms with Gasteiger partial charge in [-0.15, -0.1) is 0 Å². The zero-order chi connectivity index (χ0) is 20.6. The summed E-state index contributed by atoms with van der Waals surface area (Å²) in [4.78, 5) is 23.0. The summed E-state index contributed by atoms with van der Waals surface area (Å²) in [5.74, 6) is 0. The standard InChI is InChI=1S/C23H33N5O/c1-26(2)22-6-4-20(5-7-22)18-27(3)23(29)25-21-11-16-28(17-12-21)15-10-19-8-13-24-14-9-19/h4-9,13-14,21H,10-12,15-18H2,1-3H3,(H,25,29). The van der Waals surface area contributed by atoms with Crippen LogP contribution >= 0.6 is 0 Å². The van der Waals surface area contributed by atoms with Gasteiger partial charge < -0.3 is 20.0 Å². The number of rotatable bonds is 7. The molecule has 1 aliphatic rings. The first-order valence-corrected chi connectivity index (χ1v) is 10.4. The summed E-state index contributed by atoms with van der Waals surface area (Å²) in [6.07, 6.45) is 6.77. The molecule has 2 aromatic rings. The first-order chi connectivity index (χ1) is 14.0. The van der Waals surface area contributed by atoms with E-state index in [0.717, 1.165) is 50.1 Å². The third-order valence-corrected chi connectivity index (χ3v) is 5.60. The fourth-order valence-electron chi connectivity index (χ4n) is 3.67. The van der Waals surface area contributed by atoms with E-state index >= 15 is 0 Å². The molecule has 0 atom stereocenters. The van der Waals surface area contributed by atoms with Crippen LogP contribution in [0.5, 0.6) is 0 Å². The van der Waals surface area contributed by atoms with Crippen LogP contribution in [0.3, 0.4) is 0 Å². The van der Waals surface area contributed by atoms with Crippen molar-refractivity contribution in [3.63, 3.8) is 0 Å². The number of likely N-dealkylation sites (tertiary alicyclic amines) is 1. The molecule has 1 fully saturated rings. The van der Waals surface area contributed by atoms with Crippen molar-refractivity contribution < 1.29 is 4.79 Å². The summed E-state index contributed by atoms with van der Waals surface area (Å²) in [7, 11) is 5.91. The molecule has 0 unspecified atom stereocenters. The van der Waals surface area contributed by atoms with Crippen LogP contribution < -0.4 is 10.2 Å². The smallest absolute Gasteiger partial charge is 0.317 e. The summed E-state index contributed by atoms with van der Waals surface area (Å²) in [6.45, 7) is 3.75. The number of amides is 2. The lowest BCUT2D eigenvalue weighted by molar-refractivity contribution is 0.177. The Bertz CT molecular complexity index is 755. The van der Waals surface area contributed by atoms with Crippen LogP contribution in [0.15, 0.2) is 48.8 Å². The normalized spacial score (nSPS) is 15.1. The minimum atomic E-state index is 0.0110. The van der Waals surface area contributed by atoms with Gasteiger partial charge in [0.2, 0.25) is 0 Å². The summed E-state index contributed by atoms with van der Waals surface area (Å²) in [5, 5.41) is 3.21. The van der Waals surface area contributed by atoms with Gasteiger partial charge in [-0.1, -0.05) is 12.1 Å². The van der Waals surface area contributed by atoms with E-state index in [4.69, 9.17) is 0 Å². The molecule has 2 amide bonds. The first-order valence-electron chi connectivity index (χ1n) is 10.4. The Morgan fingerprint density at radius 1 is 1.03 bits per heavy atom. The minimum absolute atomic E-state index is 0.0110. The maximum absolute atomic E-state index is 12.6. The highest BCUT2D eigenvalue weighted by molar-refractivity contribution is 5.74. The van der Waals surface area contributed by atoms with E-state index in [0.29, 0.717) is 6.54 Å². The molecule has 1 aromatic heterocycles. The van der Waals surface area contributed by atoms with Crippen LogP contribution in [-0.2, 0) is 13.0 Å². The number of carbonyl (C=O) groups excluding carboxylic acids is 1. The summed E-state index contributed by atoms with van der Waals surface area (Å²) < 4.78 is 0. The van der Waals surface area contributed by atoms with Gasteiger partial charge in [0.05, 0.1) is 0 Å². The average Bonchev–Trinajstić information content (AvgIpc) is 2.74. The number of piperidine rings is 1. The molecule has 29 heavy (non-hydrogen) atoms. The Kier molecular flexibility index (Phi) is 7.47. The molecule has 156 valence electrons. The van der Waals surface area contributed by atoms with Crippen LogP contribution in [0.2, 0.25) is 0 Å². The van der Waals surface area contributed by atoms with E-state index in [1.807, 2.05) is 33.5 Å². The highest BCUT2D eigenvalue weighted by Gasteiger charge is 2.21. The van der Waals surface area contributed by atoms with E-state index in [2.05, 4.69) is 56.5 Å². The molecule has 1 aromatic carbocycles. The molecule has 6 nitrogen and oxygen atoms in total. The van der Waals surface area contributed by atoms with Crippen molar-refractivity contribution in [1.82, 2.24) is 20.1 Å². The third kappa shape index (κ3) is 6.46. The van der Waals surface area contributed by atoms with Crippen molar-refractivity contribution in [3.8, 4) is 0 Å². The van der Waals surface area contributed by atoms with Gasteiger partial charge in [0.15, 0.2) is 0 Å². The highest BCUT2D eigenvalue weighted by atomic mass is 16.2. The molecular formula is C23H33N5O. The number of pyridine rings is 1. The van der Waals surface area contributed by atoms with Gasteiger partial charge in [-0.2, -0.15) is 0 Å². The number of aromatic nitrogens is 1. The monoisotopic (exact) mass is 395 g/mol. The van der Waals surface area contributed by atoms with E-state index in [-0.39, 0.29) is 12.1 Å². The Labute approximate surface area is 174 Å². The molecule has 2 heterocycles. The second kappa shape index (κ2) is 10.3. The Morgan fingerprint density at radius 3 is 2.31 bits per heavy atom. The molecule has 3 rings (SSSR count). The van der Waals surface area contributed by atoms with Crippen molar-refractivity contribution >= 4 is 11.7 Å².